The van der Waals surface area contributed by atoms with Crippen LogP contribution in [0.1, 0.15) is 17.4 Å². The molecule has 3 rings (SSSR count). The molecule has 0 aliphatic carbocycles. The van der Waals surface area contributed by atoms with E-state index in [4.69, 9.17) is 9.47 Å². The van der Waals surface area contributed by atoms with Crippen molar-refractivity contribution in [1.82, 2.24) is 5.32 Å². The molecule has 20 heavy (non-hydrogen) atoms. The minimum absolute atomic E-state index is 0.313. The molecule has 1 unspecified atom stereocenters. The van der Waals surface area contributed by atoms with Crippen LogP contribution in [-0.2, 0) is 13.0 Å². The van der Waals surface area contributed by atoms with Crippen molar-refractivity contribution in [2.75, 3.05) is 6.79 Å². The maximum atomic E-state index is 5.42. The monoisotopic (exact) mass is 353 g/mol. The van der Waals surface area contributed by atoms with Gasteiger partial charge >= 0.3 is 0 Å². The first-order valence-electron chi connectivity index (χ1n) is 6.56. The highest BCUT2D eigenvalue weighted by molar-refractivity contribution is 9.10. The van der Waals surface area contributed by atoms with E-state index in [1.807, 2.05) is 12.1 Å². The van der Waals surface area contributed by atoms with Crippen LogP contribution in [0.2, 0.25) is 0 Å². The SMILES string of the molecule is CC(Cc1cccs1)NCc1cc2c(cc1Br)OCO2. The van der Waals surface area contributed by atoms with Gasteiger partial charge in [-0.2, -0.15) is 0 Å². The molecule has 0 saturated heterocycles. The maximum absolute atomic E-state index is 5.42. The van der Waals surface area contributed by atoms with Gasteiger partial charge in [0.1, 0.15) is 0 Å². The molecular weight excluding hydrogens is 338 g/mol. The average Bonchev–Trinajstić information content (AvgIpc) is 3.06. The number of nitrogens with one attached hydrogen (secondary N) is 1. The lowest BCUT2D eigenvalue weighted by atomic mass is 10.1. The zero-order valence-electron chi connectivity index (χ0n) is 11.2. The lowest BCUT2D eigenvalue weighted by molar-refractivity contribution is 0.174. The second-order valence-corrected chi connectivity index (χ2v) is 6.75. The molecule has 1 N–H and O–H groups in total. The Labute approximate surface area is 131 Å². The number of ether oxygens (including phenoxy) is 2. The van der Waals surface area contributed by atoms with Crippen LogP contribution in [0.15, 0.2) is 34.1 Å². The van der Waals surface area contributed by atoms with Crippen LogP contribution < -0.4 is 14.8 Å². The van der Waals surface area contributed by atoms with Gasteiger partial charge in [0.25, 0.3) is 0 Å². The summed E-state index contributed by atoms with van der Waals surface area (Å²) in [6.45, 7) is 3.33. The van der Waals surface area contributed by atoms with E-state index in [9.17, 15) is 0 Å². The summed E-state index contributed by atoms with van der Waals surface area (Å²) in [6, 6.07) is 8.73. The fourth-order valence-corrected chi connectivity index (χ4v) is 3.48. The summed E-state index contributed by atoms with van der Waals surface area (Å²) in [5.41, 5.74) is 1.19. The molecule has 1 atom stereocenters. The number of fused-ring (bicyclic) bond motifs is 1. The highest BCUT2D eigenvalue weighted by Gasteiger charge is 2.16. The minimum Gasteiger partial charge on any atom is -0.454 e. The van der Waals surface area contributed by atoms with Gasteiger partial charge in [-0.15, -0.1) is 11.3 Å². The van der Waals surface area contributed by atoms with Crippen molar-refractivity contribution in [3.8, 4) is 11.5 Å². The Bertz CT molecular complexity index is 586. The summed E-state index contributed by atoms with van der Waals surface area (Å²) in [5.74, 6) is 1.64. The van der Waals surface area contributed by atoms with Crippen LogP contribution in [0.5, 0.6) is 11.5 Å². The number of thiophene rings is 1. The van der Waals surface area contributed by atoms with E-state index in [0.29, 0.717) is 12.8 Å². The van der Waals surface area contributed by atoms with Gasteiger partial charge in [0.2, 0.25) is 6.79 Å². The van der Waals surface area contributed by atoms with Crippen LogP contribution >= 0.6 is 27.3 Å². The molecular formula is C15H16BrNO2S. The van der Waals surface area contributed by atoms with E-state index in [-0.39, 0.29) is 0 Å². The van der Waals surface area contributed by atoms with E-state index in [1.54, 1.807) is 11.3 Å². The Morgan fingerprint density at radius 2 is 2.15 bits per heavy atom. The van der Waals surface area contributed by atoms with Gasteiger partial charge in [-0.25, -0.2) is 0 Å². The highest BCUT2D eigenvalue weighted by atomic mass is 79.9. The van der Waals surface area contributed by atoms with Gasteiger partial charge < -0.3 is 14.8 Å². The Morgan fingerprint density at radius 3 is 2.90 bits per heavy atom. The average molecular weight is 354 g/mol. The van der Waals surface area contributed by atoms with E-state index >= 15 is 0 Å². The van der Waals surface area contributed by atoms with E-state index < -0.39 is 0 Å². The standard InChI is InChI=1S/C15H16BrNO2S/c1-10(5-12-3-2-4-20-12)17-8-11-6-14-15(7-13(11)16)19-9-18-14/h2-4,6-7,10,17H,5,8-9H2,1H3. The molecule has 0 amide bonds. The van der Waals surface area contributed by atoms with Crippen LogP contribution in [0.4, 0.5) is 0 Å². The van der Waals surface area contributed by atoms with Crippen molar-refractivity contribution in [3.05, 3.63) is 44.6 Å². The minimum atomic E-state index is 0.313. The van der Waals surface area contributed by atoms with Gasteiger partial charge in [-0.05, 0) is 42.5 Å². The zero-order chi connectivity index (χ0) is 13.9. The Kier molecular flexibility index (Phi) is 4.29. The molecule has 1 aliphatic heterocycles. The number of benzene rings is 1. The lowest BCUT2D eigenvalue weighted by Gasteiger charge is -2.14. The summed E-state index contributed by atoms with van der Waals surface area (Å²) in [7, 11) is 0. The maximum Gasteiger partial charge on any atom is 0.231 e. The summed E-state index contributed by atoms with van der Waals surface area (Å²) in [5, 5.41) is 5.67. The number of rotatable bonds is 5. The van der Waals surface area contributed by atoms with Crippen molar-refractivity contribution >= 4 is 27.3 Å². The first-order valence-corrected chi connectivity index (χ1v) is 8.23. The molecule has 0 bridgehead atoms. The molecule has 2 heterocycles. The number of halogens is 1. The second kappa shape index (κ2) is 6.16. The van der Waals surface area contributed by atoms with Crippen molar-refractivity contribution in [1.29, 1.82) is 0 Å². The molecule has 0 saturated carbocycles. The fraction of sp³-hybridized carbons (Fsp3) is 0.333. The fourth-order valence-electron chi connectivity index (χ4n) is 2.18. The lowest BCUT2D eigenvalue weighted by Crippen LogP contribution is -2.27. The highest BCUT2D eigenvalue weighted by Crippen LogP contribution is 2.36. The molecule has 3 nitrogen and oxygen atoms in total. The molecule has 1 aliphatic rings. The second-order valence-electron chi connectivity index (χ2n) is 4.86. The molecule has 106 valence electrons. The molecule has 2 aromatic rings. The topological polar surface area (TPSA) is 30.5 Å². The summed E-state index contributed by atoms with van der Waals surface area (Å²) < 4.78 is 11.8. The first-order chi connectivity index (χ1) is 9.72. The van der Waals surface area contributed by atoms with E-state index in [0.717, 1.165) is 28.9 Å². The van der Waals surface area contributed by atoms with Crippen LogP contribution in [-0.4, -0.2) is 12.8 Å². The smallest absolute Gasteiger partial charge is 0.231 e. The third-order valence-corrected chi connectivity index (χ3v) is 4.91. The van der Waals surface area contributed by atoms with Crippen LogP contribution in [0.25, 0.3) is 0 Å². The predicted molar refractivity (Wildman–Crippen MR) is 84.6 cm³/mol. The van der Waals surface area contributed by atoms with Gasteiger partial charge in [-0.1, -0.05) is 22.0 Å². The molecule has 0 radical (unpaired) electrons. The van der Waals surface area contributed by atoms with Gasteiger partial charge in [-0.3, -0.25) is 0 Å². The number of hydrogen-bond donors (Lipinski definition) is 1. The van der Waals surface area contributed by atoms with E-state index in [1.165, 1.54) is 10.4 Å². The van der Waals surface area contributed by atoms with Crippen molar-refractivity contribution in [2.45, 2.75) is 25.9 Å². The van der Waals surface area contributed by atoms with Gasteiger partial charge in [0.05, 0.1) is 0 Å². The molecule has 0 fully saturated rings. The van der Waals surface area contributed by atoms with Crippen LogP contribution in [0.3, 0.4) is 0 Å². The summed E-state index contributed by atoms with van der Waals surface area (Å²) >= 11 is 5.39. The van der Waals surface area contributed by atoms with Gasteiger partial charge in [0, 0.05) is 21.9 Å². The Morgan fingerprint density at radius 1 is 1.35 bits per heavy atom. The third-order valence-electron chi connectivity index (χ3n) is 3.27. The normalized spacial score (nSPS) is 14.5. The Hall–Kier alpha value is -1.04. The molecule has 5 heteroatoms. The Balaban J connectivity index is 1.60. The molecule has 0 spiro atoms. The van der Waals surface area contributed by atoms with Crippen molar-refractivity contribution < 1.29 is 9.47 Å². The van der Waals surface area contributed by atoms with E-state index in [2.05, 4.69) is 45.7 Å². The van der Waals surface area contributed by atoms with Crippen molar-refractivity contribution in [2.24, 2.45) is 0 Å². The van der Waals surface area contributed by atoms with Gasteiger partial charge in [0.15, 0.2) is 11.5 Å². The molecule has 1 aromatic heterocycles. The largest absolute Gasteiger partial charge is 0.454 e. The quantitative estimate of drug-likeness (QED) is 0.882. The predicted octanol–water partition coefficient (Wildman–Crippen LogP) is 3.96. The van der Waals surface area contributed by atoms with Crippen LogP contribution in [0, 0.1) is 0 Å². The first kappa shape index (κ1) is 13.9. The third kappa shape index (κ3) is 3.16. The summed E-state index contributed by atoms with van der Waals surface area (Å²) in [6.07, 6.45) is 1.06. The van der Waals surface area contributed by atoms with Crippen molar-refractivity contribution in [3.63, 3.8) is 0 Å². The number of hydrogen-bond acceptors (Lipinski definition) is 4. The zero-order valence-corrected chi connectivity index (χ0v) is 13.6. The molecule has 1 aromatic carbocycles. The summed E-state index contributed by atoms with van der Waals surface area (Å²) in [4.78, 5) is 1.41.